The van der Waals surface area contributed by atoms with Crippen molar-refractivity contribution < 1.29 is 24.2 Å². The zero-order valence-corrected chi connectivity index (χ0v) is 12.8. The lowest BCUT2D eigenvalue weighted by Crippen LogP contribution is -2.59. The quantitative estimate of drug-likeness (QED) is 0.825. The van der Waals surface area contributed by atoms with E-state index in [1.165, 1.54) is 6.42 Å². The van der Waals surface area contributed by atoms with Gasteiger partial charge in [-0.25, -0.2) is 0 Å². The van der Waals surface area contributed by atoms with Crippen molar-refractivity contribution in [1.29, 1.82) is 0 Å². The highest BCUT2D eigenvalue weighted by Crippen LogP contribution is 2.42. The fourth-order valence-corrected chi connectivity index (χ4v) is 2.95. The number of ether oxygens (including phenoxy) is 2. The zero-order chi connectivity index (χ0) is 15.5. The van der Waals surface area contributed by atoms with Gasteiger partial charge in [0.1, 0.15) is 6.10 Å². The highest BCUT2D eigenvalue weighted by atomic mass is 16.7. The van der Waals surface area contributed by atoms with Crippen LogP contribution in [-0.4, -0.2) is 42.0 Å². The van der Waals surface area contributed by atoms with Crippen LogP contribution in [0.1, 0.15) is 52.4 Å². The van der Waals surface area contributed by atoms with E-state index in [2.05, 4.69) is 5.32 Å². The Hall–Kier alpha value is -1.14. The molecule has 2 rings (SSSR count). The van der Waals surface area contributed by atoms with Crippen molar-refractivity contribution in [3.63, 3.8) is 0 Å². The van der Waals surface area contributed by atoms with Crippen molar-refractivity contribution in [2.24, 2.45) is 5.41 Å². The number of hydrogen-bond donors (Lipinski definition) is 2. The molecule has 1 saturated heterocycles. The number of rotatable bonds is 4. The van der Waals surface area contributed by atoms with Crippen LogP contribution in [-0.2, 0) is 19.1 Å². The van der Waals surface area contributed by atoms with Crippen LogP contribution in [0.2, 0.25) is 0 Å². The molecule has 120 valence electrons. The van der Waals surface area contributed by atoms with Gasteiger partial charge in [-0.3, -0.25) is 9.59 Å². The van der Waals surface area contributed by atoms with Crippen molar-refractivity contribution in [1.82, 2.24) is 5.32 Å². The first-order chi connectivity index (χ1) is 9.85. The van der Waals surface area contributed by atoms with E-state index in [1.807, 2.05) is 13.8 Å². The average molecular weight is 299 g/mol. The Balaban J connectivity index is 1.99. The third-order valence-corrected chi connectivity index (χ3v) is 4.24. The summed E-state index contributed by atoms with van der Waals surface area (Å²) in [6.45, 7) is 4.47. The molecular formula is C15H25NO5. The Labute approximate surface area is 125 Å². The molecule has 1 aliphatic carbocycles. The lowest BCUT2D eigenvalue weighted by Gasteiger charge is -2.49. The SMILES string of the molecule is CC1(C)COC2(CCCCC2)OC1C(=O)NCCC(=O)O. The van der Waals surface area contributed by atoms with E-state index in [0.717, 1.165) is 25.7 Å². The molecule has 2 aliphatic rings. The first kappa shape index (κ1) is 16.2. The fraction of sp³-hybridized carbons (Fsp3) is 0.867. The number of nitrogens with one attached hydrogen (secondary N) is 1. The molecule has 1 unspecified atom stereocenters. The van der Waals surface area contributed by atoms with Gasteiger partial charge in [-0.15, -0.1) is 0 Å². The van der Waals surface area contributed by atoms with Gasteiger partial charge in [-0.1, -0.05) is 20.3 Å². The van der Waals surface area contributed by atoms with Gasteiger partial charge in [0.25, 0.3) is 0 Å². The number of carboxylic acids is 1. The molecule has 0 aromatic heterocycles. The second kappa shape index (κ2) is 6.32. The highest BCUT2D eigenvalue weighted by molar-refractivity contribution is 5.82. The van der Waals surface area contributed by atoms with Crippen molar-refractivity contribution in [2.75, 3.05) is 13.2 Å². The van der Waals surface area contributed by atoms with E-state index in [-0.39, 0.29) is 18.9 Å². The third kappa shape index (κ3) is 3.95. The topological polar surface area (TPSA) is 84.9 Å². The lowest BCUT2D eigenvalue weighted by molar-refractivity contribution is -0.331. The molecule has 6 nitrogen and oxygen atoms in total. The first-order valence-corrected chi connectivity index (χ1v) is 7.66. The van der Waals surface area contributed by atoms with E-state index in [9.17, 15) is 9.59 Å². The Morgan fingerprint density at radius 1 is 1.24 bits per heavy atom. The summed E-state index contributed by atoms with van der Waals surface area (Å²) < 4.78 is 12.0. The van der Waals surface area contributed by atoms with E-state index in [4.69, 9.17) is 14.6 Å². The number of amides is 1. The highest BCUT2D eigenvalue weighted by Gasteiger charge is 2.49. The van der Waals surface area contributed by atoms with Crippen LogP contribution in [0.15, 0.2) is 0 Å². The molecule has 1 atom stereocenters. The summed E-state index contributed by atoms with van der Waals surface area (Å²) in [6, 6.07) is 0. The third-order valence-electron chi connectivity index (χ3n) is 4.24. The predicted molar refractivity (Wildman–Crippen MR) is 75.7 cm³/mol. The number of carbonyl (C=O) groups excluding carboxylic acids is 1. The van der Waals surface area contributed by atoms with Crippen LogP contribution >= 0.6 is 0 Å². The number of carboxylic acid groups (broad SMARTS) is 1. The lowest BCUT2D eigenvalue weighted by atomic mass is 9.83. The number of aliphatic carboxylic acids is 1. The molecule has 0 radical (unpaired) electrons. The van der Waals surface area contributed by atoms with Crippen LogP contribution in [0, 0.1) is 5.41 Å². The minimum atomic E-state index is -0.925. The zero-order valence-electron chi connectivity index (χ0n) is 12.8. The standard InChI is InChI=1S/C15H25NO5/c1-14(2)10-20-15(7-4-3-5-8-15)21-12(14)13(19)16-9-6-11(17)18/h12H,3-10H2,1-2H3,(H,16,19)(H,17,18). The van der Waals surface area contributed by atoms with E-state index in [0.29, 0.717) is 6.61 Å². The van der Waals surface area contributed by atoms with Gasteiger partial charge >= 0.3 is 5.97 Å². The molecule has 1 amide bonds. The predicted octanol–water partition coefficient (Wildman–Crippen LogP) is 1.68. The molecule has 0 aromatic rings. The molecule has 0 aromatic carbocycles. The van der Waals surface area contributed by atoms with Gasteiger partial charge in [0.05, 0.1) is 13.0 Å². The van der Waals surface area contributed by atoms with Crippen LogP contribution < -0.4 is 5.32 Å². The van der Waals surface area contributed by atoms with Crippen LogP contribution in [0.25, 0.3) is 0 Å². The monoisotopic (exact) mass is 299 g/mol. The van der Waals surface area contributed by atoms with Gasteiger partial charge in [0.2, 0.25) is 5.91 Å². The second-order valence-electron chi connectivity index (χ2n) is 6.68. The Kier molecular flexibility index (Phi) is 4.88. The molecule has 1 spiro atoms. The van der Waals surface area contributed by atoms with Crippen LogP contribution in [0.5, 0.6) is 0 Å². The van der Waals surface area contributed by atoms with Crippen LogP contribution in [0.4, 0.5) is 0 Å². The van der Waals surface area contributed by atoms with E-state index in [1.54, 1.807) is 0 Å². The summed E-state index contributed by atoms with van der Waals surface area (Å²) in [5.41, 5.74) is -0.421. The average Bonchev–Trinajstić information content (AvgIpc) is 2.42. The summed E-state index contributed by atoms with van der Waals surface area (Å²) in [6.07, 6.45) is 4.23. The molecular weight excluding hydrogens is 274 g/mol. The van der Waals surface area contributed by atoms with E-state index < -0.39 is 23.3 Å². The Bertz CT molecular complexity index is 401. The Morgan fingerprint density at radius 3 is 2.52 bits per heavy atom. The molecule has 21 heavy (non-hydrogen) atoms. The molecule has 6 heteroatoms. The normalized spacial score (nSPS) is 27.2. The largest absolute Gasteiger partial charge is 0.481 e. The Morgan fingerprint density at radius 2 is 1.90 bits per heavy atom. The van der Waals surface area contributed by atoms with Crippen LogP contribution in [0.3, 0.4) is 0 Å². The number of carbonyl (C=O) groups is 2. The van der Waals surface area contributed by atoms with Gasteiger partial charge in [0, 0.05) is 24.8 Å². The maximum atomic E-state index is 12.3. The molecule has 1 aliphatic heterocycles. The summed E-state index contributed by atoms with van der Waals surface area (Å²) >= 11 is 0. The maximum absolute atomic E-state index is 12.3. The van der Waals surface area contributed by atoms with Crippen molar-refractivity contribution in [2.45, 2.75) is 64.3 Å². The van der Waals surface area contributed by atoms with Gasteiger partial charge < -0.3 is 19.9 Å². The summed E-state index contributed by atoms with van der Waals surface area (Å²) in [4.78, 5) is 22.9. The summed E-state index contributed by atoms with van der Waals surface area (Å²) in [5.74, 6) is -1.79. The molecule has 2 fully saturated rings. The smallest absolute Gasteiger partial charge is 0.305 e. The summed E-state index contributed by atoms with van der Waals surface area (Å²) in [5, 5.41) is 11.3. The molecule has 1 heterocycles. The minimum absolute atomic E-state index is 0.0828. The molecule has 2 N–H and O–H groups in total. The van der Waals surface area contributed by atoms with E-state index >= 15 is 0 Å². The van der Waals surface area contributed by atoms with Crippen molar-refractivity contribution >= 4 is 11.9 Å². The van der Waals surface area contributed by atoms with Gasteiger partial charge in [-0.2, -0.15) is 0 Å². The fourth-order valence-electron chi connectivity index (χ4n) is 2.95. The van der Waals surface area contributed by atoms with Crippen molar-refractivity contribution in [3.05, 3.63) is 0 Å². The molecule has 0 bridgehead atoms. The first-order valence-electron chi connectivity index (χ1n) is 7.66. The maximum Gasteiger partial charge on any atom is 0.305 e. The second-order valence-corrected chi connectivity index (χ2v) is 6.68. The van der Waals surface area contributed by atoms with Gasteiger partial charge in [0.15, 0.2) is 5.79 Å². The minimum Gasteiger partial charge on any atom is -0.481 e. The van der Waals surface area contributed by atoms with Gasteiger partial charge in [-0.05, 0) is 12.8 Å². The number of hydrogen-bond acceptors (Lipinski definition) is 4. The van der Waals surface area contributed by atoms with Crippen molar-refractivity contribution in [3.8, 4) is 0 Å². The molecule has 1 saturated carbocycles. The summed E-state index contributed by atoms with van der Waals surface area (Å²) in [7, 11) is 0.